The highest BCUT2D eigenvalue weighted by atomic mass is 16.3. The summed E-state index contributed by atoms with van der Waals surface area (Å²) in [5, 5.41) is 9.11. The highest BCUT2D eigenvalue weighted by Gasteiger charge is 2.21. The van der Waals surface area contributed by atoms with Gasteiger partial charge in [-0.25, -0.2) is 0 Å². The van der Waals surface area contributed by atoms with Crippen molar-refractivity contribution >= 4 is 0 Å². The summed E-state index contributed by atoms with van der Waals surface area (Å²) in [7, 11) is 4.06. The van der Waals surface area contributed by atoms with Crippen LogP contribution in [0.2, 0.25) is 0 Å². The lowest BCUT2D eigenvalue weighted by molar-refractivity contribution is 0.0936. The smallest absolute Gasteiger partial charge is 0.0529 e. The molecule has 0 aromatic heterocycles. The first-order chi connectivity index (χ1) is 4.36. The van der Waals surface area contributed by atoms with Crippen molar-refractivity contribution in [2.45, 2.75) is 38.8 Å². The van der Waals surface area contributed by atoms with E-state index >= 15 is 0 Å². The normalized spacial score (nSPS) is 15.9. The molecule has 2 heteroatoms. The van der Waals surface area contributed by atoms with E-state index in [0.717, 1.165) is 6.42 Å². The Morgan fingerprint density at radius 1 is 1.40 bits per heavy atom. The fraction of sp³-hybridized carbons (Fsp3) is 1.00. The summed E-state index contributed by atoms with van der Waals surface area (Å²) in [5.74, 6) is 0. The molecule has 0 aliphatic carbocycles. The predicted octanol–water partition coefficient (Wildman–Crippen LogP) is 1.10. The number of rotatable bonds is 3. The summed E-state index contributed by atoms with van der Waals surface area (Å²) >= 11 is 0. The Bertz CT molecular complexity index is 97.4. The first-order valence-electron chi connectivity index (χ1n) is 3.72. The van der Waals surface area contributed by atoms with Crippen molar-refractivity contribution in [3.05, 3.63) is 0 Å². The molecule has 0 saturated heterocycles. The van der Waals surface area contributed by atoms with Crippen LogP contribution in [0.5, 0.6) is 0 Å². The molecule has 0 radical (unpaired) electrons. The zero-order valence-electron chi connectivity index (χ0n) is 7.68. The molecule has 10 heavy (non-hydrogen) atoms. The standard InChI is InChI=1S/C8H19NO/c1-7(10)6-8(2,3)9(4)5/h7,10H,6H2,1-5H3. The van der Waals surface area contributed by atoms with E-state index < -0.39 is 0 Å². The molecule has 62 valence electrons. The largest absolute Gasteiger partial charge is 0.393 e. The summed E-state index contributed by atoms with van der Waals surface area (Å²) in [6.07, 6.45) is 0.609. The third-order valence-corrected chi connectivity index (χ3v) is 2.01. The maximum atomic E-state index is 9.11. The second-order valence-corrected chi connectivity index (χ2v) is 3.76. The van der Waals surface area contributed by atoms with Gasteiger partial charge in [-0.2, -0.15) is 0 Å². The fourth-order valence-electron chi connectivity index (χ4n) is 0.906. The molecule has 1 atom stereocenters. The number of hydrogen-bond donors (Lipinski definition) is 1. The molecule has 0 rings (SSSR count). The molecule has 2 nitrogen and oxygen atoms in total. The van der Waals surface area contributed by atoms with Crippen molar-refractivity contribution in [2.24, 2.45) is 0 Å². The van der Waals surface area contributed by atoms with Gasteiger partial charge in [0.1, 0.15) is 0 Å². The predicted molar refractivity (Wildman–Crippen MR) is 44.1 cm³/mol. The van der Waals surface area contributed by atoms with Crippen molar-refractivity contribution in [2.75, 3.05) is 14.1 Å². The zero-order valence-corrected chi connectivity index (χ0v) is 7.68. The van der Waals surface area contributed by atoms with E-state index in [1.807, 2.05) is 21.0 Å². The Morgan fingerprint density at radius 2 is 1.80 bits per heavy atom. The topological polar surface area (TPSA) is 23.5 Å². The highest BCUT2D eigenvalue weighted by Crippen LogP contribution is 2.16. The van der Waals surface area contributed by atoms with Gasteiger partial charge in [0.2, 0.25) is 0 Å². The number of nitrogens with zero attached hydrogens (tertiary/aromatic N) is 1. The summed E-state index contributed by atoms with van der Waals surface area (Å²) in [6.45, 7) is 6.07. The van der Waals surface area contributed by atoms with Gasteiger partial charge in [-0.1, -0.05) is 0 Å². The molecule has 0 aromatic carbocycles. The molecular formula is C8H19NO. The van der Waals surface area contributed by atoms with Crippen molar-refractivity contribution in [3.8, 4) is 0 Å². The summed E-state index contributed by atoms with van der Waals surface area (Å²) in [6, 6.07) is 0. The molecular weight excluding hydrogens is 126 g/mol. The Hall–Kier alpha value is -0.0800. The molecule has 0 aromatic rings. The van der Waals surface area contributed by atoms with Gasteiger partial charge < -0.3 is 10.0 Å². The molecule has 0 aliphatic heterocycles. The third-order valence-electron chi connectivity index (χ3n) is 2.01. The van der Waals surface area contributed by atoms with E-state index in [1.54, 1.807) is 0 Å². The average molecular weight is 145 g/mol. The summed E-state index contributed by atoms with van der Waals surface area (Å²) in [5.41, 5.74) is 0.105. The number of aliphatic hydroxyl groups is 1. The third kappa shape index (κ3) is 3.18. The summed E-state index contributed by atoms with van der Waals surface area (Å²) < 4.78 is 0. The second kappa shape index (κ2) is 3.35. The molecule has 0 saturated carbocycles. The minimum absolute atomic E-state index is 0.105. The Morgan fingerprint density at radius 3 is 1.90 bits per heavy atom. The number of hydrogen-bond acceptors (Lipinski definition) is 2. The molecule has 0 aliphatic rings. The fourth-order valence-corrected chi connectivity index (χ4v) is 0.906. The lowest BCUT2D eigenvalue weighted by Crippen LogP contribution is -2.40. The van der Waals surface area contributed by atoms with E-state index in [4.69, 9.17) is 5.11 Å². The van der Waals surface area contributed by atoms with Gasteiger partial charge in [0.25, 0.3) is 0 Å². The molecule has 0 fully saturated rings. The SMILES string of the molecule is CC(O)CC(C)(C)N(C)C. The van der Waals surface area contributed by atoms with E-state index in [9.17, 15) is 0 Å². The summed E-state index contributed by atoms with van der Waals surface area (Å²) in [4.78, 5) is 2.12. The van der Waals surface area contributed by atoms with Crippen LogP contribution in [0.25, 0.3) is 0 Å². The van der Waals surface area contributed by atoms with E-state index in [0.29, 0.717) is 0 Å². The van der Waals surface area contributed by atoms with Gasteiger partial charge in [-0.15, -0.1) is 0 Å². The second-order valence-electron chi connectivity index (χ2n) is 3.76. The van der Waals surface area contributed by atoms with Crippen LogP contribution >= 0.6 is 0 Å². The van der Waals surface area contributed by atoms with Gasteiger partial charge in [0.05, 0.1) is 6.10 Å². The minimum atomic E-state index is -0.211. The van der Waals surface area contributed by atoms with Crippen LogP contribution < -0.4 is 0 Å². The molecule has 0 heterocycles. The maximum absolute atomic E-state index is 9.11. The highest BCUT2D eigenvalue weighted by molar-refractivity contribution is 4.78. The van der Waals surface area contributed by atoms with E-state index in [-0.39, 0.29) is 11.6 Å². The first-order valence-corrected chi connectivity index (χ1v) is 3.72. The van der Waals surface area contributed by atoms with Crippen molar-refractivity contribution < 1.29 is 5.11 Å². The first kappa shape index (κ1) is 9.92. The van der Waals surface area contributed by atoms with Crippen LogP contribution in [0, 0.1) is 0 Å². The Balaban J connectivity index is 3.87. The van der Waals surface area contributed by atoms with Gasteiger partial charge in [-0.05, 0) is 41.3 Å². The maximum Gasteiger partial charge on any atom is 0.0529 e. The lowest BCUT2D eigenvalue weighted by Gasteiger charge is -2.33. The quantitative estimate of drug-likeness (QED) is 0.642. The van der Waals surface area contributed by atoms with Gasteiger partial charge in [-0.3, -0.25) is 0 Å². The Kier molecular flexibility index (Phi) is 3.33. The molecule has 0 amide bonds. The van der Waals surface area contributed by atoms with Crippen LogP contribution in [0.3, 0.4) is 0 Å². The molecule has 1 N–H and O–H groups in total. The van der Waals surface area contributed by atoms with Gasteiger partial charge >= 0.3 is 0 Å². The van der Waals surface area contributed by atoms with Crippen molar-refractivity contribution in [1.29, 1.82) is 0 Å². The zero-order chi connectivity index (χ0) is 8.36. The van der Waals surface area contributed by atoms with Crippen molar-refractivity contribution in [3.63, 3.8) is 0 Å². The van der Waals surface area contributed by atoms with Crippen LogP contribution in [0.15, 0.2) is 0 Å². The van der Waals surface area contributed by atoms with Crippen LogP contribution in [0.1, 0.15) is 27.2 Å². The van der Waals surface area contributed by atoms with Gasteiger partial charge in [0, 0.05) is 5.54 Å². The number of aliphatic hydroxyl groups excluding tert-OH is 1. The average Bonchev–Trinajstić information content (AvgIpc) is 1.60. The molecule has 0 bridgehead atoms. The van der Waals surface area contributed by atoms with E-state index in [1.165, 1.54) is 0 Å². The monoisotopic (exact) mass is 145 g/mol. The van der Waals surface area contributed by atoms with Crippen LogP contribution in [-0.2, 0) is 0 Å². The minimum Gasteiger partial charge on any atom is -0.393 e. The molecule has 0 spiro atoms. The van der Waals surface area contributed by atoms with Crippen molar-refractivity contribution in [1.82, 2.24) is 4.90 Å². The molecule has 1 unspecified atom stereocenters. The van der Waals surface area contributed by atoms with Gasteiger partial charge in [0.15, 0.2) is 0 Å². The van der Waals surface area contributed by atoms with Crippen LogP contribution in [-0.4, -0.2) is 35.7 Å². The van der Waals surface area contributed by atoms with E-state index in [2.05, 4.69) is 18.7 Å². The van der Waals surface area contributed by atoms with Crippen LogP contribution in [0.4, 0.5) is 0 Å². The lowest BCUT2D eigenvalue weighted by atomic mass is 9.96. The Labute approximate surface area is 63.8 Å².